The van der Waals surface area contributed by atoms with Crippen molar-refractivity contribution in [1.29, 1.82) is 0 Å². The monoisotopic (exact) mass is 294 g/mol. The van der Waals surface area contributed by atoms with E-state index in [2.05, 4.69) is 10.3 Å². The van der Waals surface area contributed by atoms with Crippen molar-refractivity contribution in [3.63, 3.8) is 0 Å². The van der Waals surface area contributed by atoms with E-state index in [1.165, 1.54) is 0 Å². The maximum atomic E-state index is 11.9. The molecule has 0 aliphatic carbocycles. The van der Waals surface area contributed by atoms with E-state index >= 15 is 0 Å². The number of hydrogen-bond donors (Lipinski definition) is 2. The number of nitrogens with one attached hydrogen (secondary N) is 1. The molecule has 0 bridgehead atoms. The number of anilines is 1. The predicted octanol–water partition coefficient (Wildman–Crippen LogP) is 1.69. The number of carbonyl (C=O) groups excluding carboxylic acids is 1. The number of aryl methyl sites for hydroxylation is 1. The molecule has 3 N–H and O–H groups in total. The van der Waals surface area contributed by atoms with Crippen LogP contribution in [-0.2, 0) is 4.79 Å². The van der Waals surface area contributed by atoms with Crippen LogP contribution in [0.25, 0.3) is 0 Å². The molecule has 1 aromatic rings. The molecule has 6 heteroatoms. The highest BCUT2D eigenvalue weighted by Gasteiger charge is 2.11. The van der Waals surface area contributed by atoms with E-state index in [0.29, 0.717) is 29.3 Å². The van der Waals surface area contributed by atoms with E-state index < -0.39 is 0 Å². The van der Waals surface area contributed by atoms with Gasteiger partial charge >= 0.3 is 0 Å². The SMILES string of the molecule is CCN(CC)C(=O)CCNc1nc(C)ccc1C(N)=S. The maximum Gasteiger partial charge on any atom is 0.224 e. The molecule has 1 aromatic heterocycles. The van der Waals surface area contributed by atoms with Gasteiger partial charge < -0.3 is 16.0 Å². The highest BCUT2D eigenvalue weighted by atomic mass is 32.1. The van der Waals surface area contributed by atoms with Crippen molar-refractivity contribution in [2.24, 2.45) is 5.73 Å². The van der Waals surface area contributed by atoms with Gasteiger partial charge in [-0.05, 0) is 32.9 Å². The summed E-state index contributed by atoms with van der Waals surface area (Å²) in [7, 11) is 0. The van der Waals surface area contributed by atoms with Crippen molar-refractivity contribution in [1.82, 2.24) is 9.88 Å². The Bertz CT molecular complexity index is 486. The minimum atomic E-state index is 0.132. The number of hydrogen-bond acceptors (Lipinski definition) is 4. The number of amides is 1. The minimum Gasteiger partial charge on any atom is -0.389 e. The van der Waals surface area contributed by atoms with E-state index in [1.807, 2.05) is 32.9 Å². The lowest BCUT2D eigenvalue weighted by Crippen LogP contribution is -2.31. The molecule has 0 fully saturated rings. The van der Waals surface area contributed by atoms with Gasteiger partial charge in [0.1, 0.15) is 10.8 Å². The first-order valence-electron chi connectivity index (χ1n) is 6.78. The molecular weight excluding hydrogens is 272 g/mol. The standard InChI is InChI=1S/C14H22N4OS/c1-4-18(5-2)12(19)8-9-16-14-11(13(15)20)7-6-10(3)17-14/h6-7H,4-5,8-9H2,1-3H3,(H2,15,20)(H,16,17). The second-order valence-electron chi connectivity index (χ2n) is 4.46. The van der Waals surface area contributed by atoms with E-state index in [1.54, 1.807) is 4.90 Å². The molecule has 0 aliphatic heterocycles. The van der Waals surface area contributed by atoms with Gasteiger partial charge in [-0.25, -0.2) is 4.98 Å². The number of thiocarbonyl (C=S) groups is 1. The summed E-state index contributed by atoms with van der Waals surface area (Å²) in [6.07, 6.45) is 0.425. The van der Waals surface area contributed by atoms with Gasteiger partial charge in [0, 0.05) is 31.7 Å². The van der Waals surface area contributed by atoms with Crippen molar-refractivity contribution in [2.75, 3.05) is 25.0 Å². The summed E-state index contributed by atoms with van der Waals surface area (Å²) in [5, 5.41) is 3.14. The van der Waals surface area contributed by atoms with Gasteiger partial charge in [0.25, 0.3) is 0 Å². The van der Waals surface area contributed by atoms with Gasteiger partial charge in [-0.2, -0.15) is 0 Å². The Morgan fingerprint density at radius 1 is 1.40 bits per heavy atom. The van der Waals surface area contributed by atoms with Crippen molar-refractivity contribution < 1.29 is 4.79 Å². The summed E-state index contributed by atoms with van der Waals surface area (Å²) in [5.41, 5.74) is 7.25. The summed E-state index contributed by atoms with van der Waals surface area (Å²) >= 11 is 5.00. The first kappa shape index (κ1) is 16.4. The largest absolute Gasteiger partial charge is 0.389 e. The topological polar surface area (TPSA) is 71.2 Å². The number of rotatable bonds is 7. The molecule has 20 heavy (non-hydrogen) atoms. The fourth-order valence-electron chi connectivity index (χ4n) is 1.91. The first-order valence-corrected chi connectivity index (χ1v) is 7.19. The van der Waals surface area contributed by atoms with Gasteiger partial charge in [-0.15, -0.1) is 0 Å². The summed E-state index contributed by atoms with van der Waals surface area (Å²) < 4.78 is 0. The molecule has 0 saturated carbocycles. The quantitative estimate of drug-likeness (QED) is 0.749. The molecule has 1 heterocycles. The summed E-state index contributed by atoms with van der Waals surface area (Å²) in [6, 6.07) is 3.71. The number of nitrogens with zero attached hydrogens (tertiary/aromatic N) is 2. The molecule has 0 saturated heterocycles. The fourth-order valence-corrected chi connectivity index (χ4v) is 2.08. The van der Waals surface area contributed by atoms with E-state index in [9.17, 15) is 4.79 Å². The zero-order valence-electron chi connectivity index (χ0n) is 12.3. The van der Waals surface area contributed by atoms with Crippen LogP contribution >= 0.6 is 12.2 Å². The molecular formula is C14H22N4OS. The van der Waals surface area contributed by atoms with Crippen LogP contribution in [0.1, 0.15) is 31.5 Å². The molecule has 0 radical (unpaired) electrons. The zero-order valence-corrected chi connectivity index (χ0v) is 13.1. The minimum absolute atomic E-state index is 0.132. The molecule has 0 aromatic carbocycles. The highest BCUT2D eigenvalue weighted by Crippen LogP contribution is 2.13. The first-order chi connectivity index (χ1) is 9.49. The lowest BCUT2D eigenvalue weighted by atomic mass is 10.2. The van der Waals surface area contributed by atoms with Crippen LogP contribution < -0.4 is 11.1 Å². The van der Waals surface area contributed by atoms with Gasteiger partial charge in [0.2, 0.25) is 5.91 Å². The van der Waals surface area contributed by atoms with Crippen LogP contribution in [0, 0.1) is 6.92 Å². The average Bonchev–Trinajstić information content (AvgIpc) is 2.39. The van der Waals surface area contributed by atoms with Gasteiger partial charge in [0.15, 0.2) is 0 Å². The third kappa shape index (κ3) is 4.45. The summed E-state index contributed by atoms with van der Waals surface area (Å²) in [5.74, 6) is 0.775. The molecule has 1 amide bonds. The lowest BCUT2D eigenvalue weighted by Gasteiger charge is -2.19. The highest BCUT2D eigenvalue weighted by molar-refractivity contribution is 7.80. The second kappa shape index (κ2) is 7.79. The number of carbonyl (C=O) groups is 1. The Hall–Kier alpha value is -1.69. The van der Waals surface area contributed by atoms with Crippen molar-refractivity contribution >= 4 is 28.9 Å². The lowest BCUT2D eigenvalue weighted by molar-refractivity contribution is -0.130. The Morgan fingerprint density at radius 3 is 2.60 bits per heavy atom. The van der Waals surface area contributed by atoms with Gasteiger partial charge in [-0.3, -0.25) is 4.79 Å². The zero-order chi connectivity index (χ0) is 15.1. The Kier molecular flexibility index (Phi) is 6.38. The van der Waals surface area contributed by atoms with Gasteiger partial charge in [0.05, 0.1) is 5.56 Å². The Balaban J connectivity index is 2.64. The van der Waals surface area contributed by atoms with Crippen molar-refractivity contribution in [2.45, 2.75) is 27.2 Å². The molecule has 5 nitrogen and oxygen atoms in total. The van der Waals surface area contributed by atoms with Crippen LogP contribution in [0.5, 0.6) is 0 Å². The smallest absolute Gasteiger partial charge is 0.224 e. The second-order valence-corrected chi connectivity index (χ2v) is 4.90. The average molecular weight is 294 g/mol. The maximum absolute atomic E-state index is 11.9. The molecule has 0 unspecified atom stereocenters. The number of nitrogens with two attached hydrogens (primary N) is 1. The molecule has 0 aliphatic rings. The summed E-state index contributed by atoms with van der Waals surface area (Å²) in [4.78, 5) is 18.4. The third-order valence-corrected chi connectivity index (χ3v) is 3.27. The van der Waals surface area contributed by atoms with Gasteiger partial charge in [-0.1, -0.05) is 12.2 Å². The van der Waals surface area contributed by atoms with Crippen molar-refractivity contribution in [3.8, 4) is 0 Å². The van der Waals surface area contributed by atoms with E-state index in [0.717, 1.165) is 18.8 Å². The summed E-state index contributed by atoms with van der Waals surface area (Å²) in [6.45, 7) is 7.83. The number of pyridine rings is 1. The molecule has 110 valence electrons. The van der Waals surface area contributed by atoms with Crippen LogP contribution in [0.3, 0.4) is 0 Å². The predicted molar refractivity (Wildman–Crippen MR) is 85.9 cm³/mol. The fraction of sp³-hybridized carbons (Fsp3) is 0.500. The van der Waals surface area contributed by atoms with E-state index in [4.69, 9.17) is 18.0 Å². The van der Waals surface area contributed by atoms with Crippen LogP contribution in [0.2, 0.25) is 0 Å². The Morgan fingerprint density at radius 2 is 2.05 bits per heavy atom. The Labute approximate surface area is 125 Å². The molecule has 0 spiro atoms. The molecule has 1 rings (SSSR count). The number of aromatic nitrogens is 1. The third-order valence-electron chi connectivity index (χ3n) is 3.05. The van der Waals surface area contributed by atoms with Crippen LogP contribution in [0.15, 0.2) is 12.1 Å². The van der Waals surface area contributed by atoms with Crippen molar-refractivity contribution in [3.05, 3.63) is 23.4 Å². The molecule has 0 atom stereocenters. The van der Waals surface area contributed by atoms with Crippen LogP contribution in [0.4, 0.5) is 5.82 Å². The van der Waals surface area contributed by atoms with E-state index in [-0.39, 0.29) is 5.91 Å². The van der Waals surface area contributed by atoms with Crippen LogP contribution in [-0.4, -0.2) is 40.4 Å². The normalized spacial score (nSPS) is 10.2.